The van der Waals surface area contributed by atoms with Crippen molar-refractivity contribution in [3.05, 3.63) is 12.7 Å². The molecule has 0 radical (unpaired) electrons. The Morgan fingerprint density at radius 3 is 2.76 bits per heavy atom. The Balaban J connectivity index is 1.73. The predicted octanol–water partition coefficient (Wildman–Crippen LogP) is 1.92. The van der Waals surface area contributed by atoms with Crippen LogP contribution in [0.2, 0.25) is 0 Å². The summed E-state index contributed by atoms with van der Waals surface area (Å²) in [6.07, 6.45) is 9.74. The van der Waals surface area contributed by atoms with E-state index in [1.165, 1.54) is 6.33 Å². The van der Waals surface area contributed by atoms with Crippen LogP contribution in [-0.4, -0.2) is 38.7 Å². The zero-order chi connectivity index (χ0) is 14.7. The fourth-order valence-electron chi connectivity index (χ4n) is 3.59. The monoisotopic (exact) mass is 287 g/mol. The van der Waals surface area contributed by atoms with Crippen LogP contribution >= 0.6 is 0 Å². The molecule has 1 saturated carbocycles. The summed E-state index contributed by atoms with van der Waals surface area (Å²) < 4.78 is 1.83. The molecule has 1 atom stereocenters. The molecule has 2 aliphatic rings. The van der Waals surface area contributed by atoms with Crippen molar-refractivity contribution in [2.24, 2.45) is 5.41 Å². The molecule has 6 nitrogen and oxygen atoms in total. The maximum atomic E-state index is 12.9. The molecular formula is C15H21N5O. The number of amides is 1. The molecule has 0 bridgehead atoms. The van der Waals surface area contributed by atoms with E-state index in [9.17, 15) is 10.1 Å². The number of aromatic nitrogens is 3. The lowest BCUT2D eigenvalue weighted by Gasteiger charge is -2.39. The first kappa shape index (κ1) is 14.1. The molecule has 1 amide bonds. The highest BCUT2D eigenvalue weighted by Gasteiger charge is 2.43. The molecule has 2 heterocycles. The third kappa shape index (κ3) is 2.65. The molecule has 3 rings (SSSR count). The molecule has 21 heavy (non-hydrogen) atoms. The quantitative estimate of drug-likeness (QED) is 0.832. The van der Waals surface area contributed by atoms with Gasteiger partial charge in [-0.15, -0.1) is 0 Å². The highest BCUT2D eigenvalue weighted by atomic mass is 16.2. The minimum absolute atomic E-state index is 0.0366. The third-order valence-corrected chi connectivity index (χ3v) is 4.82. The van der Waals surface area contributed by atoms with E-state index in [-0.39, 0.29) is 11.9 Å². The van der Waals surface area contributed by atoms with Crippen LogP contribution in [0.3, 0.4) is 0 Å². The molecule has 0 aromatic carbocycles. The van der Waals surface area contributed by atoms with Gasteiger partial charge in [0.1, 0.15) is 18.1 Å². The summed E-state index contributed by atoms with van der Waals surface area (Å²) in [6.45, 7) is 1.40. The van der Waals surface area contributed by atoms with Crippen molar-refractivity contribution >= 4 is 5.91 Å². The molecule has 0 spiro atoms. The number of nitrogens with zero attached hydrogens (tertiary/aromatic N) is 5. The van der Waals surface area contributed by atoms with Crippen LogP contribution < -0.4 is 0 Å². The van der Waals surface area contributed by atoms with Gasteiger partial charge in [0.15, 0.2) is 0 Å². The number of carbonyl (C=O) groups excluding carboxylic acids is 1. The fourth-order valence-corrected chi connectivity index (χ4v) is 3.59. The first-order valence-electron chi connectivity index (χ1n) is 7.80. The van der Waals surface area contributed by atoms with Gasteiger partial charge in [0.25, 0.3) is 0 Å². The van der Waals surface area contributed by atoms with Gasteiger partial charge in [-0.2, -0.15) is 10.4 Å². The second-order valence-electron chi connectivity index (χ2n) is 6.18. The average Bonchev–Trinajstić information content (AvgIpc) is 3.09. The number of rotatable bonds is 2. The van der Waals surface area contributed by atoms with Gasteiger partial charge in [0, 0.05) is 13.1 Å². The lowest BCUT2D eigenvalue weighted by molar-refractivity contribution is -0.142. The topological polar surface area (TPSA) is 74.8 Å². The molecule has 2 fully saturated rings. The molecule has 1 aromatic rings. The zero-order valence-electron chi connectivity index (χ0n) is 12.2. The zero-order valence-corrected chi connectivity index (χ0v) is 12.2. The van der Waals surface area contributed by atoms with Gasteiger partial charge in [-0.25, -0.2) is 9.67 Å². The number of carbonyl (C=O) groups is 1. The maximum Gasteiger partial charge on any atom is 0.243 e. The van der Waals surface area contributed by atoms with Gasteiger partial charge in [-0.1, -0.05) is 19.3 Å². The Labute approximate surface area is 124 Å². The van der Waals surface area contributed by atoms with E-state index in [1.807, 2.05) is 9.58 Å². The second-order valence-corrected chi connectivity index (χ2v) is 6.18. The Morgan fingerprint density at radius 2 is 2.10 bits per heavy atom. The summed E-state index contributed by atoms with van der Waals surface area (Å²) in [4.78, 5) is 18.7. The van der Waals surface area contributed by atoms with E-state index in [1.54, 1.807) is 6.33 Å². The summed E-state index contributed by atoms with van der Waals surface area (Å²) in [7, 11) is 0. The number of hydrogen-bond acceptors (Lipinski definition) is 4. The van der Waals surface area contributed by atoms with E-state index in [2.05, 4.69) is 16.2 Å². The third-order valence-electron chi connectivity index (χ3n) is 4.82. The SMILES string of the molecule is N#CC1(C(=O)N2CCC[C@H](n3cncn3)C2)CCCCC1. The second kappa shape index (κ2) is 5.84. The molecule has 1 aromatic heterocycles. The van der Waals surface area contributed by atoms with Crippen molar-refractivity contribution in [1.82, 2.24) is 19.7 Å². The van der Waals surface area contributed by atoms with Crippen LogP contribution in [-0.2, 0) is 4.79 Å². The molecule has 112 valence electrons. The molecular weight excluding hydrogens is 266 g/mol. The first-order valence-corrected chi connectivity index (χ1v) is 7.80. The normalized spacial score (nSPS) is 25.3. The number of likely N-dealkylation sites (tertiary alicyclic amines) is 1. The van der Waals surface area contributed by atoms with E-state index in [4.69, 9.17) is 0 Å². The van der Waals surface area contributed by atoms with Gasteiger partial charge in [-0.3, -0.25) is 4.79 Å². The van der Waals surface area contributed by atoms with Crippen LogP contribution in [0, 0.1) is 16.7 Å². The lowest BCUT2D eigenvalue weighted by atomic mass is 9.74. The van der Waals surface area contributed by atoms with Crippen molar-refractivity contribution in [3.8, 4) is 6.07 Å². The largest absolute Gasteiger partial charge is 0.339 e. The van der Waals surface area contributed by atoms with Gasteiger partial charge in [-0.05, 0) is 25.7 Å². The smallest absolute Gasteiger partial charge is 0.243 e. The van der Waals surface area contributed by atoms with Gasteiger partial charge >= 0.3 is 0 Å². The van der Waals surface area contributed by atoms with Crippen LogP contribution in [0.25, 0.3) is 0 Å². The first-order chi connectivity index (χ1) is 10.2. The van der Waals surface area contributed by atoms with Gasteiger partial charge < -0.3 is 4.90 Å². The van der Waals surface area contributed by atoms with Crippen molar-refractivity contribution in [3.63, 3.8) is 0 Å². The summed E-state index contributed by atoms with van der Waals surface area (Å²) in [5.74, 6) is 0.0366. The predicted molar refractivity (Wildman–Crippen MR) is 76.0 cm³/mol. The highest BCUT2D eigenvalue weighted by Crippen LogP contribution is 2.38. The molecule has 1 aliphatic heterocycles. The maximum absolute atomic E-state index is 12.9. The summed E-state index contributed by atoms with van der Waals surface area (Å²) in [5, 5.41) is 13.8. The van der Waals surface area contributed by atoms with Crippen LogP contribution in [0.5, 0.6) is 0 Å². The lowest BCUT2D eigenvalue weighted by Crippen LogP contribution is -2.48. The van der Waals surface area contributed by atoms with E-state index < -0.39 is 5.41 Å². The van der Waals surface area contributed by atoms with Crippen molar-refractivity contribution in [2.75, 3.05) is 13.1 Å². The summed E-state index contributed by atoms with van der Waals surface area (Å²) in [6, 6.07) is 2.52. The Morgan fingerprint density at radius 1 is 1.29 bits per heavy atom. The molecule has 1 aliphatic carbocycles. The molecule has 0 N–H and O–H groups in total. The van der Waals surface area contributed by atoms with Crippen molar-refractivity contribution < 1.29 is 4.79 Å². The average molecular weight is 287 g/mol. The summed E-state index contributed by atoms with van der Waals surface area (Å²) in [5.41, 5.74) is -0.775. The standard InChI is InChI=1S/C15H21N5O/c16-10-15(6-2-1-3-7-15)14(21)19-8-4-5-13(9-19)20-12-17-11-18-20/h11-13H,1-9H2/t13-/m0/s1. The highest BCUT2D eigenvalue weighted by molar-refractivity contribution is 5.85. The minimum Gasteiger partial charge on any atom is -0.339 e. The fraction of sp³-hybridized carbons (Fsp3) is 0.733. The number of hydrogen-bond donors (Lipinski definition) is 0. The van der Waals surface area contributed by atoms with Crippen LogP contribution in [0.15, 0.2) is 12.7 Å². The van der Waals surface area contributed by atoms with Gasteiger partial charge in [0.2, 0.25) is 5.91 Å². The molecule has 6 heteroatoms. The van der Waals surface area contributed by atoms with E-state index in [0.717, 1.165) is 38.6 Å². The minimum atomic E-state index is -0.775. The van der Waals surface area contributed by atoms with Crippen LogP contribution in [0.1, 0.15) is 51.0 Å². The molecule has 1 saturated heterocycles. The molecule has 0 unspecified atom stereocenters. The van der Waals surface area contributed by atoms with E-state index in [0.29, 0.717) is 19.4 Å². The van der Waals surface area contributed by atoms with Crippen molar-refractivity contribution in [1.29, 1.82) is 5.26 Å². The van der Waals surface area contributed by atoms with Gasteiger partial charge in [0.05, 0.1) is 12.1 Å². The Kier molecular flexibility index (Phi) is 3.91. The number of piperidine rings is 1. The van der Waals surface area contributed by atoms with E-state index >= 15 is 0 Å². The Hall–Kier alpha value is -1.90. The Bertz CT molecular complexity index is 527. The van der Waals surface area contributed by atoms with Crippen LogP contribution in [0.4, 0.5) is 0 Å². The summed E-state index contributed by atoms with van der Waals surface area (Å²) >= 11 is 0. The number of nitriles is 1. The van der Waals surface area contributed by atoms with Crippen molar-refractivity contribution in [2.45, 2.75) is 51.0 Å².